The lowest BCUT2D eigenvalue weighted by Gasteiger charge is -2.37. The molecular weight excluding hydrogens is 199 g/mol. The largest absolute Gasteiger partial charge is 0.206 e. The molecule has 0 spiro atoms. The Morgan fingerprint density at radius 1 is 1.27 bits per heavy atom. The Bertz CT molecular complexity index is 268. The van der Waals surface area contributed by atoms with Gasteiger partial charge in [0, 0.05) is 0 Å². The highest BCUT2D eigenvalue weighted by Gasteiger charge is 2.23. The molecule has 0 aromatic heterocycles. The summed E-state index contributed by atoms with van der Waals surface area (Å²) in [4.78, 5) is 0. The van der Waals surface area contributed by atoms with Crippen LogP contribution in [0.25, 0.3) is 0 Å². The van der Waals surface area contributed by atoms with Gasteiger partial charge in [-0.3, -0.25) is 0 Å². The highest BCUT2D eigenvalue weighted by Crippen LogP contribution is 2.50. The van der Waals surface area contributed by atoms with Crippen LogP contribution in [0.5, 0.6) is 0 Å². The average Bonchev–Trinajstić information content (AvgIpc) is 2.72. The summed E-state index contributed by atoms with van der Waals surface area (Å²) in [5.41, 5.74) is 1.86. The smallest absolute Gasteiger partial charge is 0.0280 e. The summed E-state index contributed by atoms with van der Waals surface area (Å²) in [5.74, 6) is 0. The molecule has 0 nitrogen and oxygen atoms in total. The molecule has 0 amide bonds. The van der Waals surface area contributed by atoms with Gasteiger partial charge in [0.2, 0.25) is 0 Å². The third-order valence-corrected chi connectivity index (χ3v) is 6.78. The standard InChI is InChI=1S/C14H22P/c1-12(2)15(14-10-6-7-11-14)13-8-4-3-5-9-13/h6-7,10-13H,3-5,8-9H2,1-2H3/q-1. The Hall–Kier alpha value is -0.220. The van der Waals surface area contributed by atoms with Crippen molar-refractivity contribution in [3.8, 4) is 0 Å². The van der Waals surface area contributed by atoms with Crippen LogP contribution < -0.4 is 5.30 Å². The van der Waals surface area contributed by atoms with E-state index in [1.54, 1.807) is 5.30 Å². The minimum atomic E-state index is 0.104. The lowest BCUT2D eigenvalue weighted by molar-refractivity contribution is 0.510. The van der Waals surface area contributed by atoms with Gasteiger partial charge in [0.25, 0.3) is 0 Å². The fourth-order valence-corrected chi connectivity index (χ4v) is 6.12. The predicted molar refractivity (Wildman–Crippen MR) is 70.6 cm³/mol. The summed E-state index contributed by atoms with van der Waals surface area (Å²) >= 11 is 0. The van der Waals surface area contributed by atoms with Crippen molar-refractivity contribution in [2.45, 2.75) is 57.3 Å². The molecular formula is C14H22P-. The second kappa shape index (κ2) is 5.21. The molecule has 1 aliphatic rings. The maximum atomic E-state index is 2.41. The first-order chi connectivity index (χ1) is 7.29. The van der Waals surface area contributed by atoms with E-state index in [1.165, 1.54) is 32.1 Å². The van der Waals surface area contributed by atoms with E-state index in [2.05, 4.69) is 38.1 Å². The Labute approximate surface area is 95.2 Å². The summed E-state index contributed by atoms with van der Waals surface area (Å²) in [7, 11) is 0.104. The van der Waals surface area contributed by atoms with Gasteiger partial charge in [0.15, 0.2) is 0 Å². The first-order valence-corrected chi connectivity index (χ1v) is 7.77. The van der Waals surface area contributed by atoms with Gasteiger partial charge in [-0.25, -0.2) is 6.07 Å². The highest BCUT2D eigenvalue weighted by atomic mass is 31.1. The quantitative estimate of drug-likeness (QED) is 0.528. The molecule has 1 fully saturated rings. The lowest BCUT2D eigenvalue weighted by atomic mass is 10.0. The Morgan fingerprint density at radius 3 is 2.53 bits per heavy atom. The van der Waals surface area contributed by atoms with Gasteiger partial charge in [-0.15, -0.1) is 7.92 Å². The number of hydrogen-bond acceptors (Lipinski definition) is 0. The van der Waals surface area contributed by atoms with Crippen LogP contribution in [0, 0.1) is 0 Å². The van der Waals surface area contributed by atoms with Crippen LogP contribution >= 0.6 is 7.92 Å². The zero-order valence-corrected chi connectivity index (χ0v) is 10.8. The zero-order valence-electron chi connectivity index (χ0n) is 9.95. The Morgan fingerprint density at radius 2 is 2.00 bits per heavy atom. The van der Waals surface area contributed by atoms with E-state index >= 15 is 0 Å². The van der Waals surface area contributed by atoms with Crippen LogP contribution in [-0.4, -0.2) is 11.3 Å². The minimum Gasteiger partial charge on any atom is -0.206 e. The lowest BCUT2D eigenvalue weighted by Crippen LogP contribution is -2.20. The maximum absolute atomic E-state index is 2.41. The van der Waals surface area contributed by atoms with Crippen molar-refractivity contribution in [1.29, 1.82) is 0 Å². The molecule has 0 saturated heterocycles. The Balaban J connectivity index is 2.12. The SMILES string of the molecule is CC(C)P(c1cc[cH-]c1)C1CCCCC1. The third kappa shape index (κ3) is 2.67. The van der Waals surface area contributed by atoms with E-state index < -0.39 is 0 Å². The summed E-state index contributed by atoms with van der Waals surface area (Å²) in [6, 6.07) is 9.10. The van der Waals surface area contributed by atoms with E-state index in [9.17, 15) is 0 Å². The molecule has 0 bridgehead atoms. The molecule has 0 heterocycles. The van der Waals surface area contributed by atoms with Gasteiger partial charge in [-0.2, -0.15) is 23.5 Å². The molecule has 84 valence electrons. The Kier molecular flexibility index (Phi) is 3.92. The molecule has 0 radical (unpaired) electrons. The molecule has 1 unspecified atom stereocenters. The molecule has 1 aromatic rings. The van der Waals surface area contributed by atoms with Crippen molar-refractivity contribution < 1.29 is 0 Å². The molecule has 0 N–H and O–H groups in total. The van der Waals surface area contributed by atoms with E-state index in [0.717, 1.165) is 11.3 Å². The van der Waals surface area contributed by atoms with Crippen LogP contribution in [0.1, 0.15) is 46.0 Å². The molecule has 1 saturated carbocycles. The average molecular weight is 221 g/mol. The fraction of sp³-hybridized carbons (Fsp3) is 0.643. The summed E-state index contributed by atoms with van der Waals surface area (Å²) in [5, 5.41) is 1.65. The second-order valence-corrected chi connectivity index (χ2v) is 8.03. The third-order valence-electron chi connectivity index (χ3n) is 3.47. The van der Waals surface area contributed by atoms with E-state index in [4.69, 9.17) is 0 Å². The summed E-state index contributed by atoms with van der Waals surface area (Å²) < 4.78 is 0. The van der Waals surface area contributed by atoms with Crippen molar-refractivity contribution in [3.05, 3.63) is 24.3 Å². The fourth-order valence-electron chi connectivity index (χ4n) is 2.83. The predicted octanol–water partition coefficient (Wildman–Crippen LogP) is 4.25. The normalized spacial score (nSPS) is 20.7. The molecule has 1 aromatic carbocycles. The van der Waals surface area contributed by atoms with Gasteiger partial charge in [-0.05, 0) is 24.2 Å². The number of rotatable bonds is 3. The molecule has 1 atom stereocenters. The first kappa shape index (κ1) is 11.3. The van der Waals surface area contributed by atoms with Crippen LogP contribution in [0.15, 0.2) is 24.3 Å². The molecule has 1 aliphatic carbocycles. The van der Waals surface area contributed by atoms with Gasteiger partial charge in [0.05, 0.1) is 0 Å². The van der Waals surface area contributed by atoms with Crippen molar-refractivity contribution in [3.63, 3.8) is 0 Å². The van der Waals surface area contributed by atoms with Gasteiger partial charge in [0.1, 0.15) is 0 Å². The van der Waals surface area contributed by atoms with Crippen LogP contribution in [-0.2, 0) is 0 Å². The van der Waals surface area contributed by atoms with Gasteiger partial charge in [-0.1, -0.05) is 33.1 Å². The van der Waals surface area contributed by atoms with Crippen molar-refractivity contribution in [1.82, 2.24) is 0 Å². The molecule has 15 heavy (non-hydrogen) atoms. The van der Waals surface area contributed by atoms with Crippen LogP contribution in [0.3, 0.4) is 0 Å². The highest BCUT2D eigenvalue weighted by molar-refractivity contribution is 7.67. The van der Waals surface area contributed by atoms with Gasteiger partial charge >= 0.3 is 0 Å². The topological polar surface area (TPSA) is 0 Å². The minimum absolute atomic E-state index is 0.104. The summed E-state index contributed by atoms with van der Waals surface area (Å²) in [6.07, 6.45) is 7.37. The zero-order chi connectivity index (χ0) is 10.7. The second-order valence-electron chi connectivity index (χ2n) is 4.94. The van der Waals surface area contributed by atoms with E-state index in [0.29, 0.717) is 0 Å². The van der Waals surface area contributed by atoms with Crippen LogP contribution in [0.4, 0.5) is 0 Å². The van der Waals surface area contributed by atoms with E-state index in [-0.39, 0.29) is 7.92 Å². The first-order valence-electron chi connectivity index (χ1n) is 6.29. The van der Waals surface area contributed by atoms with Crippen LogP contribution in [0.2, 0.25) is 0 Å². The monoisotopic (exact) mass is 221 g/mol. The molecule has 1 heteroatoms. The summed E-state index contributed by atoms with van der Waals surface area (Å²) in [6.45, 7) is 4.82. The van der Waals surface area contributed by atoms with Crippen molar-refractivity contribution >= 4 is 13.2 Å². The number of hydrogen-bond donors (Lipinski definition) is 0. The van der Waals surface area contributed by atoms with Crippen molar-refractivity contribution in [2.75, 3.05) is 0 Å². The van der Waals surface area contributed by atoms with Crippen molar-refractivity contribution in [2.24, 2.45) is 0 Å². The molecule has 0 aliphatic heterocycles. The maximum Gasteiger partial charge on any atom is -0.0280 e. The molecule has 2 rings (SSSR count). The van der Waals surface area contributed by atoms with Gasteiger partial charge < -0.3 is 0 Å². The van der Waals surface area contributed by atoms with E-state index in [1.807, 2.05) is 0 Å².